The molecular weight excluding hydrogens is 348 g/mol. The van der Waals surface area contributed by atoms with Gasteiger partial charge >= 0.3 is 0 Å². The van der Waals surface area contributed by atoms with Crippen LogP contribution in [0.5, 0.6) is 0 Å². The van der Waals surface area contributed by atoms with Gasteiger partial charge < -0.3 is 10.6 Å². The minimum absolute atomic E-state index is 0.0355. The minimum Gasteiger partial charge on any atom is -0.340 e. The number of allylic oxidation sites excluding steroid dienone is 1. The SMILES string of the molecule is [2H]/C(C#N)=C(/[2H])c1c([2H])c(C)c(Nc2ccnc(Nc3cc([2H])c(C#N)c([2H])c3)n2)c(C)c1[2H]. The first kappa shape index (κ1) is 12.3. The molecular formula is C22H18N6. The number of anilines is 4. The van der Waals surface area contributed by atoms with Crippen LogP contribution in [0.25, 0.3) is 6.05 Å². The van der Waals surface area contributed by atoms with Gasteiger partial charge in [0.25, 0.3) is 0 Å². The third kappa shape index (κ3) is 4.51. The molecule has 1 aromatic heterocycles. The van der Waals surface area contributed by atoms with Crippen molar-refractivity contribution in [1.29, 1.82) is 10.5 Å². The van der Waals surface area contributed by atoms with Crippen molar-refractivity contribution < 1.29 is 8.22 Å². The average molecular weight is 372 g/mol. The molecule has 136 valence electrons. The van der Waals surface area contributed by atoms with E-state index in [1.807, 2.05) is 6.07 Å². The Balaban J connectivity index is 1.97. The second-order valence-electron chi connectivity index (χ2n) is 5.65. The second kappa shape index (κ2) is 8.48. The van der Waals surface area contributed by atoms with E-state index in [0.717, 1.165) is 0 Å². The zero-order valence-electron chi connectivity index (χ0n) is 21.1. The summed E-state index contributed by atoms with van der Waals surface area (Å²) in [7, 11) is 0. The van der Waals surface area contributed by atoms with Crippen LogP contribution in [0.4, 0.5) is 23.1 Å². The van der Waals surface area contributed by atoms with Gasteiger partial charge in [-0.3, -0.25) is 0 Å². The molecule has 0 radical (unpaired) electrons. The lowest BCUT2D eigenvalue weighted by molar-refractivity contribution is 1.16. The zero-order valence-corrected chi connectivity index (χ0v) is 15.1. The van der Waals surface area contributed by atoms with Gasteiger partial charge in [0.05, 0.1) is 25.9 Å². The Morgan fingerprint density at radius 3 is 2.46 bits per heavy atom. The van der Waals surface area contributed by atoms with Crippen molar-refractivity contribution in [3.05, 3.63) is 76.9 Å². The van der Waals surface area contributed by atoms with Crippen LogP contribution in [-0.4, -0.2) is 9.97 Å². The molecule has 6 nitrogen and oxygen atoms in total. The van der Waals surface area contributed by atoms with E-state index < -0.39 is 12.1 Å². The highest BCUT2D eigenvalue weighted by Crippen LogP contribution is 2.26. The fourth-order valence-corrected chi connectivity index (χ4v) is 2.42. The third-order valence-corrected chi connectivity index (χ3v) is 3.64. The van der Waals surface area contributed by atoms with Gasteiger partial charge in [-0.05, 0) is 79.0 Å². The largest absolute Gasteiger partial charge is 0.340 e. The highest BCUT2D eigenvalue weighted by molar-refractivity contribution is 5.69. The number of nitrogens with zero attached hydrogens (tertiary/aromatic N) is 4. The lowest BCUT2D eigenvalue weighted by Crippen LogP contribution is -2.02. The Morgan fingerprint density at radius 1 is 1.11 bits per heavy atom. The Kier molecular flexibility index (Phi) is 3.72. The predicted molar refractivity (Wildman–Crippen MR) is 110 cm³/mol. The summed E-state index contributed by atoms with van der Waals surface area (Å²) in [6.45, 7) is 3.26. The van der Waals surface area contributed by atoms with Gasteiger partial charge in [0.15, 0.2) is 0 Å². The molecule has 0 bridgehead atoms. The average Bonchev–Trinajstić information content (AvgIpc) is 2.80. The molecule has 0 unspecified atom stereocenters. The van der Waals surface area contributed by atoms with E-state index in [4.69, 9.17) is 18.7 Å². The maximum absolute atomic E-state index is 9.02. The Morgan fingerprint density at radius 2 is 1.82 bits per heavy atom. The van der Waals surface area contributed by atoms with Crippen LogP contribution in [0.3, 0.4) is 0 Å². The summed E-state index contributed by atoms with van der Waals surface area (Å²) in [4.78, 5) is 8.46. The van der Waals surface area contributed by atoms with Crippen molar-refractivity contribution >= 4 is 29.2 Å². The van der Waals surface area contributed by atoms with Crippen molar-refractivity contribution in [3.63, 3.8) is 0 Å². The molecule has 0 aliphatic carbocycles. The fourth-order valence-electron chi connectivity index (χ4n) is 2.42. The molecule has 28 heavy (non-hydrogen) atoms. The molecule has 3 aromatic rings. The molecule has 0 atom stereocenters. The molecule has 0 saturated heterocycles. The number of aromatic nitrogens is 2. The van der Waals surface area contributed by atoms with E-state index in [9.17, 15) is 0 Å². The Hall–Kier alpha value is -4.16. The maximum atomic E-state index is 9.02. The summed E-state index contributed by atoms with van der Waals surface area (Å²) in [6, 6.07) is 6.15. The number of hydrogen-bond acceptors (Lipinski definition) is 6. The molecule has 2 N–H and O–H groups in total. The van der Waals surface area contributed by atoms with Crippen LogP contribution >= 0.6 is 0 Å². The summed E-state index contributed by atoms with van der Waals surface area (Å²) in [5.41, 5.74) is 1.50. The highest BCUT2D eigenvalue weighted by atomic mass is 15.1. The molecule has 0 aliphatic heterocycles. The summed E-state index contributed by atoms with van der Waals surface area (Å²) in [5, 5.41) is 23.9. The van der Waals surface area contributed by atoms with Gasteiger partial charge in [0, 0.05) is 23.6 Å². The van der Waals surface area contributed by atoms with Gasteiger partial charge in [-0.15, -0.1) is 0 Å². The number of hydrogen-bond donors (Lipinski definition) is 2. The van der Waals surface area contributed by atoms with Crippen molar-refractivity contribution in [1.82, 2.24) is 9.97 Å². The van der Waals surface area contributed by atoms with Crippen LogP contribution < -0.4 is 10.6 Å². The number of nitrogens with one attached hydrogen (secondary N) is 2. The standard InChI is InChI=1S/C22H18N6/c1-15-12-18(4-3-10-23)13-16(2)21(15)27-20-9-11-25-22(28-20)26-19-7-5-17(14-24)6-8-19/h3-9,11-13H,1-2H3,(H2,25,26,27,28)/b4-3+/i3D,4D,5D,6D,12D,13D. The van der Waals surface area contributed by atoms with Gasteiger partial charge in [0.1, 0.15) is 5.82 Å². The van der Waals surface area contributed by atoms with E-state index in [0.29, 0.717) is 28.3 Å². The van der Waals surface area contributed by atoms with Gasteiger partial charge in [0.2, 0.25) is 5.95 Å². The second-order valence-corrected chi connectivity index (χ2v) is 5.65. The molecule has 6 heteroatoms. The lowest BCUT2D eigenvalue weighted by Gasteiger charge is -2.14. The summed E-state index contributed by atoms with van der Waals surface area (Å²) >= 11 is 0. The predicted octanol–water partition coefficient (Wildman–Crippen LogP) is 4.99. The minimum atomic E-state index is -0.623. The summed E-state index contributed by atoms with van der Waals surface area (Å²) in [6.07, 6.45) is 1.47. The first-order valence-electron chi connectivity index (χ1n) is 11.2. The van der Waals surface area contributed by atoms with E-state index in [2.05, 4.69) is 20.6 Å². The van der Waals surface area contributed by atoms with Gasteiger partial charge in [-0.25, -0.2) is 4.98 Å². The van der Waals surface area contributed by atoms with Crippen molar-refractivity contribution in [2.75, 3.05) is 10.6 Å². The quantitative estimate of drug-likeness (QED) is 0.612. The lowest BCUT2D eigenvalue weighted by atomic mass is 10.0. The summed E-state index contributed by atoms with van der Waals surface area (Å²) < 4.78 is 48.1. The topological polar surface area (TPSA) is 97.4 Å². The highest BCUT2D eigenvalue weighted by Gasteiger charge is 2.07. The molecule has 0 fully saturated rings. The van der Waals surface area contributed by atoms with Crippen molar-refractivity contribution in [2.45, 2.75) is 13.8 Å². The van der Waals surface area contributed by atoms with Crippen LogP contribution in [0.15, 0.2) is 54.6 Å². The van der Waals surface area contributed by atoms with E-state index in [-0.39, 0.29) is 41.2 Å². The number of nitriles is 2. The van der Waals surface area contributed by atoms with Gasteiger partial charge in [-0.1, -0.05) is 0 Å². The first-order chi connectivity index (χ1) is 16.1. The van der Waals surface area contributed by atoms with Crippen LogP contribution in [-0.2, 0) is 0 Å². The van der Waals surface area contributed by atoms with Crippen LogP contribution in [0.1, 0.15) is 30.5 Å². The van der Waals surface area contributed by atoms with E-state index >= 15 is 0 Å². The molecule has 0 amide bonds. The monoisotopic (exact) mass is 372 g/mol. The third-order valence-electron chi connectivity index (χ3n) is 3.64. The Bertz CT molecular complexity index is 1370. The van der Waals surface area contributed by atoms with Crippen molar-refractivity contribution in [3.8, 4) is 12.1 Å². The maximum Gasteiger partial charge on any atom is 0.229 e. The zero-order chi connectivity index (χ0) is 25.2. The summed E-state index contributed by atoms with van der Waals surface area (Å²) in [5.74, 6) is 0.489. The van der Waals surface area contributed by atoms with Gasteiger partial charge in [-0.2, -0.15) is 15.5 Å². The smallest absolute Gasteiger partial charge is 0.229 e. The molecule has 0 saturated carbocycles. The molecule has 3 rings (SSSR count). The number of rotatable bonds is 5. The number of benzene rings is 2. The van der Waals surface area contributed by atoms with E-state index in [1.165, 1.54) is 18.3 Å². The Labute approximate surface area is 172 Å². The van der Waals surface area contributed by atoms with Crippen molar-refractivity contribution in [2.24, 2.45) is 0 Å². The van der Waals surface area contributed by atoms with E-state index in [1.54, 1.807) is 26.0 Å². The first-order valence-corrected chi connectivity index (χ1v) is 8.15. The molecule has 0 aliphatic rings. The van der Waals surface area contributed by atoms with Crippen LogP contribution in [0, 0.1) is 36.5 Å². The molecule has 1 heterocycles. The fraction of sp³-hybridized carbons (Fsp3) is 0.0909. The molecule has 0 spiro atoms. The molecule has 2 aromatic carbocycles. The normalized spacial score (nSPS) is 14.0. The van der Waals surface area contributed by atoms with Crippen LogP contribution in [0.2, 0.25) is 0 Å².